The van der Waals surface area contributed by atoms with Crippen molar-refractivity contribution in [2.45, 2.75) is 44.7 Å². The second-order valence-electron chi connectivity index (χ2n) is 5.24. The van der Waals surface area contributed by atoms with Gasteiger partial charge in [-0.1, -0.05) is 6.92 Å². The smallest absolute Gasteiger partial charge is 0.242 e. The third kappa shape index (κ3) is 5.65. The molecule has 0 spiro atoms. The average molecular weight is 334 g/mol. The number of aromatic nitrogens is 1. The van der Waals surface area contributed by atoms with Crippen molar-refractivity contribution in [3.05, 3.63) is 18.0 Å². The standard InChI is InChI=1S/C14H27N3O2S2/c1-5-6-15-10-13-9-14(11-17(13)12(2)3)21(18,19)16-7-8-20-4/h9,11-12,15-16H,5-8,10H2,1-4H3. The molecule has 21 heavy (non-hydrogen) atoms. The molecule has 5 nitrogen and oxygen atoms in total. The molecule has 0 saturated heterocycles. The summed E-state index contributed by atoms with van der Waals surface area (Å²) in [5, 5.41) is 3.32. The Bertz CT molecular complexity index is 524. The van der Waals surface area contributed by atoms with Crippen LogP contribution in [0.25, 0.3) is 0 Å². The number of nitrogens with zero attached hydrogens (tertiary/aromatic N) is 1. The summed E-state index contributed by atoms with van der Waals surface area (Å²) < 4.78 is 29.2. The van der Waals surface area contributed by atoms with Crippen molar-refractivity contribution >= 4 is 21.8 Å². The van der Waals surface area contributed by atoms with Crippen LogP contribution in [0.4, 0.5) is 0 Å². The molecule has 0 aliphatic rings. The van der Waals surface area contributed by atoms with Crippen LogP contribution in [0.1, 0.15) is 38.9 Å². The summed E-state index contributed by atoms with van der Waals surface area (Å²) in [7, 11) is -3.41. The van der Waals surface area contributed by atoms with Gasteiger partial charge in [-0.3, -0.25) is 0 Å². The number of nitrogens with one attached hydrogen (secondary N) is 2. The van der Waals surface area contributed by atoms with E-state index in [4.69, 9.17) is 0 Å². The van der Waals surface area contributed by atoms with Crippen LogP contribution in [0.15, 0.2) is 17.2 Å². The molecule has 0 amide bonds. The Kier molecular flexibility index (Phi) is 7.79. The van der Waals surface area contributed by atoms with Crippen molar-refractivity contribution in [3.63, 3.8) is 0 Å². The molecule has 0 aliphatic carbocycles. The molecule has 0 bridgehead atoms. The largest absolute Gasteiger partial charge is 0.346 e. The fraction of sp³-hybridized carbons (Fsp3) is 0.714. The maximum Gasteiger partial charge on any atom is 0.242 e. The van der Waals surface area contributed by atoms with E-state index < -0.39 is 10.0 Å². The molecule has 2 N–H and O–H groups in total. The lowest BCUT2D eigenvalue weighted by Gasteiger charge is -2.13. The van der Waals surface area contributed by atoms with Crippen molar-refractivity contribution in [1.29, 1.82) is 0 Å². The Hall–Kier alpha value is -0.500. The Balaban J connectivity index is 2.90. The number of hydrogen-bond donors (Lipinski definition) is 2. The van der Waals surface area contributed by atoms with Crippen molar-refractivity contribution < 1.29 is 8.42 Å². The zero-order valence-corrected chi connectivity index (χ0v) is 15.0. The molecule has 1 rings (SSSR count). The van der Waals surface area contributed by atoms with Gasteiger partial charge in [-0.2, -0.15) is 11.8 Å². The zero-order chi connectivity index (χ0) is 15.9. The topological polar surface area (TPSA) is 63.1 Å². The lowest BCUT2D eigenvalue weighted by Crippen LogP contribution is -2.25. The maximum absolute atomic E-state index is 12.3. The maximum atomic E-state index is 12.3. The Morgan fingerprint density at radius 1 is 1.33 bits per heavy atom. The molecule has 0 fully saturated rings. The summed E-state index contributed by atoms with van der Waals surface area (Å²) in [5.74, 6) is 0.773. The number of sulfonamides is 1. The number of thioether (sulfide) groups is 1. The summed E-state index contributed by atoms with van der Waals surface area (Å²) in [6, 6.07) is 2.00. The average Bonchev–Trinajstić information content (AvgIpc) is 2.84. The van der Waals surface area contributed by atoms with Gasteiger partial charge < -0.3 is 9.88 Å². The van der Waals surface area contributed by atoms with Crippen LogP contribution in [0.2, 0.25) is 0 Å². The number of hydrogen-bond acceptors (Lipinski definition) is 4. The first kappa shape index (κ1) is 18.5. The first-order valence-corrected chi connectivity index (χ1v) is 10.2. The number of rotatable bonds is 10. The molecule has 7 heteroatoms. The second kappa shape index (κ2) is 8.82. The Morgan fingerprint density at radius 2 is 2.05 bits per heavy atom. The van der Waals surface area contributed by atoms with E-state index in [1.54, 1.807) is 24.0 Å². The quantitative estimate of drug-likeness (QED) is 0.645. The van der Waals surface area contributed by atoms with E-state index in [1.165, 1.54) is 0 Å². The molecule has 0 aromatic carbocycles. The van der Waals surface area contributed by atoms with Crippen LogP contribution < -0.4 is 10.0 Å². The first-order chi connectivity index (χ1) is 9.92. The van der Waals surface area contributed by atoms with E-state index in [1.807, 2.05) is 10.8 Å². The van der Waals surface area contributed by atoms with Crippen LogP contribution in [0, 0.1) is 0 Å². The minimum absolute atomic E-state index is 0.235. The van der Waals surface area contributed by atoms with Gasteiger partial charge in [0, 0.05) is 36.8 Å². The van der Waals surface area contributed by atoms with Gasteiger partial charge in [0.25, 0.3) is 0 Å². The molecule has 0 saturated carbocycles. The van der Waals surface area contributed by atoms with Crippen molar-refractivity contribution in [1.82, 2.24) is 14.6 Å². The molecule has 0 unspecified atom stereocenters. The van der Waals surface area contributed by atoms with Gasteiger partial charge in [0.15, 0.2) is 0 Å². The molecular formula is C14H27N3O2S2. The highest BCUT2D eigenvalue weighted by molar-refractivity contribution is 7.98. The third-order valence-electron chi connectivity index (χ3n) is 3.10. The molecule has 1 aromatic rings. The van der Waals surface area contributed by atoms with Gasteiger partial charge in [0.2, 0.25) is 10.0 Å². The van der Waals surface area contributed by atoms with Crippen molar-refractivity contribution in [2.75, 3.05) is 25.1 Å². The van der Waals surface area contributed by atoms with Gasteiger partial charge in [0.1, 0.15) is 0 Å². The molecular weight excluding hydrogens is 306 g/mol. The van der Waals surface area contributed by atoms with E-state index in [2.05, 4.69) is 30.8 Å². The molecule has 0 atom stereocenters. The van der Waals surface area contributed by atoms with Gasteiger partial charge in [-0.15, -0.1) is 0 Å². The lowest BCUT2D eigenvalue weighted by atomic mass is 10.3. The van der Waals surface area contributed by atoms with Gasteiger partial charge in [-0.25, -0.2) is 13.1 Å². The minimum atomic E-state index is -3.41. The van der Waals surface area contributed by atoms with E-state index in [-0.39, 0.29) is 6.04 Å². The summed E-state index contributed by atoms with van der Waals surface area (Å²) >= 11 is 1.62. The monoisotopic (exact) mass is 333 g/mol. The molecule has 1 heterocycles. The fourth-order valence-corrected chi connectivity index (χ4v) is 3.54. The summed E-state index contributed by atoms with van der Waals surface area (Å²) in [6.45, 7) is 8.30. The van der Waals surface area contributed by atoms with Crippen molar-refractivity contribution in [3.8, 4) is 0 Å². The third-order valence-corrected chi connectivity index (χ3v) is 5.15. The normalized spacial score (nSPS) is 12.2. The predicted octanol–water partition coefficient (Wildman–Crippen LogP) is 2.21. The van der Waals surface area contributed by atoms with Crippen molar-refractivity contribution in [2.24, 2.45) is 0 Å². The van der Waals surface area contributed by atoms with Crippen LogP contribution in [0.3, 0.4) is 0 Å². The first-order valence-electron chi connectivity index (χ1n) is 7.32. The highest BCUT2D eigenvalue weighted by Gasteiger charge is 2.18. The van der Waals surface area contributed by atoms with Gasteiger partial charge >= 0.3 is 0 Å². The SMILES string of the molecule is CCCNCc1cc(S(=O)(=O)NCCSC)cn1C(C)C. The molecule has 0 radical (unpaired) electrons. The predicted molar refractivity (Wildman–Crippen MR) is 90.4 cm³/mol. The molecule has 0 aliphatic heterocycles. The summed E-state index contributed by atoms with van der Waals surface area (Å²) in [4.78, 5) is 0.352. The van der Waals surface area contributed by atoms with E-state index in [9.17, 15) is 8.42 Å². The molecule has 1 aromatic heterocycles. The van der Waals surface area contributed by atoms with E-state index >= 15 is 0 Å². The van der Waals surface area contributed by atoms with Crippen LogP contribution in [-0.4, -0.2) is 38.1 Å². The van der Waals surface area contributed by atoms with Gasteiger partial charge in [0.05, 0.1) is 4.90 Å². The Labute approximate surface area is 132 Å². The van der Waals surface area contributed by atoms with Crippen LogP contribution in [-0.2, 0) is 16.6 Å². The van der Waals surface area contributed by atoms with E-state index in [0.29, 0.717) is 18.0 Å². The minimum Gasteiger partial charge on any atom is -0.346 e. The summed E-state index contributed by atoms with van der Waals surface area (Å²) in [5.41, 5.74) is 1.00. The van der Waals surface area contributed by atoms with Crippen LogP contribution >= 0.6 is 11.8 Å². The van der Waals surface area contributed by atoms with Gasteiger partial charge in [-0.05, 0) is 39.1 Å². The fourth-order valence-electron chi connectivity index (χ4n) is 2.02. The Morgan fingerprint density at radius 3 is 2.62 bits per heavy atom. The zero-order valence-electron chi connectivity index (χ0n) is 13.3. The van der Waals surface area contributed by atoms with E-state index in [0.717, 1.165) is 24.4 Å². The highest BCUT2D eigenvalue weighted by Crippen LogP contribution is 2.19. The molecule has 122 valence electrons. The second-order valence-corrected chi connectivity index (χ2v) is 7.99. The summed E-state index contributed by atoms with van der Waals surface area (Å²) in [6.07, 6.45) is 4.75. The van der Waals surface area contributed by atoms with Crippen LogP contribution in [0.5, 0.6) is 0 Å². The lowest BCUT2D eigenvalue weighted by molar-refractivity contribution is 0.549. The highest BCUT2D eigenvalue weighted by atomic mass is 32.2.